The summed E-state index contributed by atoms with van der Waals surface area (Å²) in [4.78, 5) is 6.09. The Morgan fingerprint density at radius 2 is 2.11 bits per heavy atom. The zero-order chi connectivity index (χ0) is 19.3. The molecule has 0 unspecified atom stereocenters. The number of thiophene rings is 1. The van der Waals surface area contributed by atoms with Gasteiger partial charge in [0, 0.05) is 34.5 Å². The Morgan fingerprint density at radius 3 is 2.89 bits per heavy atom. The molecule has 0 aliphatic carbocycles. The van der Waals surface area contributed by atoms with Gasteiger partial charge in [-0.1, -0.05) is 47.7 Å². The van der Waals surface area contributed by atoms with Gasteiger partial charge in [0.2, 0.25) is 0 Å². The van der Waals surface area contributed by atoms with Crippen molar-refractivity contribution in [2.45, 2.75) is 30.8 Å². The molecule has 4 rings (SSSR count). The van der Waals surface area contributed by atoms with Crippen LogP contribution >= 0.6 is 34.4 Å². The van der Waals surface area contributed by atoms with Crippen molar-refractivity contribution in [3.05, 3.63) is 81.8 Å². The summed E-state index contributed by atoms with van der Waals surface area (Å²) >= 11 is 5.10. The second-order valence-corrected chi connectivity index (χ2v) is 9.19. The summed E-state index contributed by atoms with van der Waals surface area (Å²) < 4.78 is 2.14. The molecule has 0 saturated heterocycles. The lowest BCUT2D eigenvalue weighted by molar-refractivity contribution is 0.692. The molecule has 0 radical (unpaired) electrons. The largest absolute Gasteiger partial charge is 0.302 e. The van der Waals surface area contributed by atoms with Gasteiger partial charge in [0.05, 0.1) is 5.69 Å². The van der Waals surface area contributed by atoms with Crippen LogP contribution in [-0.2, 0) is 18.7 Å². The minimum absolute atomic E-state index is 0.710. The summed E-state index contributed by atoms with van der Waals surface area (Å²) in [5.41, 5.74) is 3.49. The standard InChI is InChI=1S/C21H20N4S3/c1-3-9-25-19(12-18-8-5-10-26-18)23-24-21(25)28-14-17-13-27-20(22-17)16-7-4-6-15(2)11-16/h3-8,10-11,13H,1,9,12,14H2,2H3. The maximum atomic E-state index is 4.80. The molecular formula is C21H20N4S3. The summed E-state index contributed by atoms with van der Waals surface area (Å²) in [5.74, 6) is 1.75. The lowest BCUT2D eigenvalue weighted by atomic mass is 10.1. The van der Waals surface area contributed by atoms with E-state index >= 15 is 0 Å². The van der Waals surface area contributed by atoms with E-state index in [1.54, 1.807) is 34.4 Å². The number of thiazole rings is 1. The number of hydrogen-bond acceptors (Lipinski definition) is 6. The van der Waals surface area contributed by atoms with Crippen LogP contribution in [0.5, 0.6) is 0 Å². The number of hydrogen-bond donors (Lipinski definition) is 0. The molecule has 28 heavy (non-hydrogen) atoms. The van der Waals surface area contributed by atoms with Crippen molar-refractivity contribution < 1.29 is 0 Å². The fourth-order valence-electron chi connectivity index (χ4n) is 2.86. The van der Waals surface area contributed by atoms with Crippen molar-refractivity contribution >= 4 is 34.4 Å². The first-order valence-corrected chi connectivity index (χ1v) is 11.7. The van der Waals surface area contributed by atoms with Gasteiger partial charge in [-0.15, -0.1) is 39.4 Å². The summed E-state index contributed by atoms with van der Waals surface area (Å²) in [6, 6.07) is 12.7. The van der Waals surface area contributed by atoms with E-state index in [0.717, 1.165) is 33.9 Å². The first kappa shape index (κ1) is 19.1. The van der Waals surface area contributed by atoms with Gasteiger partial charge in [-0.25, -0.2) is 4.98 Å². The molecule has 4 aromatic rings. The van der Waals surface area contributed by atoms with Crippen molar-refractivity contribution in [1.29, 1.82) is 0 Å². The first-order valence-electron chi connectivity index (χ1n) is 8.92. The van der Waals surface area contributed by atoms with E-state index in [-0.39, 0.29) is 0 Å². The molecule has 0 aliphatic rings. The van der Waals surface area contributed by atoms with Crippen LogP contribution in [0.15, 0.2) is 65.0 Å². The highest BCUT2D eigenvalue weighted by atomic mass is 32.2. The Kier molecular flexibility index (Phi) is 6.04. The maximum Gasteiger partial charge on any atom is 0.191 e. The number of nitrogens with zero attached hydrogens (tertiary/aromatic N) is 4. The smallest absolute Gasteiger partial charge is 0.191 e. The lowest BCUT2D eigenvalue weighted by Crippen LogP contribution is -2.04. The molecule has 142 valence electrons. The summed E-state index contributed by atoms with van der Waals surface area (Å²) in [7, 11) is 0. The van der Waals surface area contributed by atoms with Crippen LogP contribution in [0.1, 0.15) is 22.0 Å². The summed E-state index contributed by atoms with van der Waals surface area (Å²) in [6.07, 6.45) is 2.69. The fraction of sp³-hybridized carbons (Fsp3) is 0.190. The van der Waals surface area contributed by atoms with Gasteiger partial charge in [0.25, 0.3) is 0 Å². The van der Waals surface area contributed by atoms with Crippen LogP contribution in [0, 0.1) is 6.92 Å². The van der Waals surface area contributed by atoms with E-state index in [1.807, 2.05) is 6.08 Å². The van der Waals surface area contributed by atoms with Gasteiger partial charge in [-0.05, 0) is 24.4 Å². The molecule has 0 aliphatic heterocycles. The van der Waals surface area contributed by atoms with Gasteiger partial charge in [0.15, 0.2) is 5.16 Å². The van der Waals surface area contributed by atoms with Crippen molar-refractivity contribution in [2.24, 2.45) is 0 Å². The van der Waals surface area contributed by atoms with Crippen molar-refractivity contribution in [2.75, 3.05) is 0 Å². The normalized spacial score (nSPS) is 11.0. The average Bonchev–Trinajstić information content (AvgIpc) is 3.44. The van der Waals surface area contributed by atoms with Crippen LogP contribution in [0.25, 0.3) is 10.6 Å². The van der Waals surface area contributed by atoms with Crippen LogP contribution in [0.4, 0.5) is 0 Å². The Morgan fingerprint density at radius 1 is 1.18 bits per heavy atom. The first-order chi connectivity index (χ1) is 13.7. The Bertz CT molecular complexity index is 1060. The van der Waals surface area contributed by atoms with Gasteiger partial charge < -0.3 is 4.57 Å². The van der Waals surface area contributed by atoms with Crippen molar-refractivity contribution in [1.82, 2.24) is 19.7 Å². The van der Waals surface area contributed by atoms with E-state index in [2.05, 4.69) is 75.4 Å². The minimum atomic E-state index is 0.710. The van der Waals surface area contributed by atoms with Crippen LogP contribution in [-0.4, -0.2) is 19.7 Å². The molecule has 0 saturated carbocycles. The number of benzene rings is 1. The van der Waals surface area contributed by atoms with E-state index < -0.39 is 0 Å². The number of aryl methyl sites for hydroxylation is 1. The van der Waals surface area contributed by atoms with E-state index in [4.69, 9.17) is 4.98 Å². The Labute approximate surface area is 177 Å². The van der Waals surface area contributed by atoms with Gasteiger partial charge in [0.1, 0.15) is 10.8 Å². The van der Waals surface area contributed by atoms with Crippen LogP contribution in [0.3, 0.4) is 0 Å². The molecule has 1 aromatic carbocycles. The highest BCUT2D eigenvalue weighted by molar-refractivity contribution is 7.98. The Balaban J connectivity index is 1.47. The second kappa shape index (κ2) is 8.86. The minimum Gasteiger partial charge on any atom is -0.302 e. The molecule has 0 amide bonds. The van der Waals surface area contributed by atoms with E-state index in [9.17, 15) is 0 Å². The van der Waals surface area contributed by atoms with Gasteiger partial charge >= 0.3 is 0 Å². The van der Waals surface area contributed by atoms with Crippen molar-refractivity contribution in [3.63, 3.8) is 0 Å². The maximum absolute atomic E-state index is 4.80. The second-order valence-electron chi connectivity index (χ2n) is 6.36. The third-order valence-electron chi connectivity index (χ3n) is 4.18. The van der Waals surface area contributed by atoms with Crippen LogP contribution in [0.2, 0.25) is 0 Å². The Hall–Kier alpha value is -2.22. The third kappa shape index (κ3) is 4.43. The number of thioether (sulfide) groups is 1. The molecular weight excluding hydrogens is 404 g/mol. The molecule has 3 heterocycles. The zero-order valence-electron chi connectivity index (χ0n) is 15.5. The highest BCUT2D eigenvalue weighted by Crippen LogP contribution is 2.28. The number of rotatable bonds is 8. The SMILES string of the molecule is C=CCn1c(Cc2cccs2)nnc1SCc1csc(-c2cccc(C)c2)n1. The predicted molar refractivity (Wildman–Crippen MR) is 119 cm³/mol. The molecule has 0 fully saturated rings. The third-order valence-corrected chi connectivity index (χ3v) is 7.00. The predicted octanol–water partition coefficient (Wildman–Crippen LogP) is 5.84. The number of allylic oxidation sites excluding steroid dienone is 1. The molecule has 0 N–H and O–H groups in total. The van der Waals surface area contributed by atoms with Crippen molar-refractivity contribution in [3.8, 4) is 10.6 Å². The monoisotopic (exact) mass is 424 g/mol. The van der Waals surface area contributed by atoms with E-state index in [0.29, 0.717) is 6.54 Å². The zero-order valence-corrected chi connectivity index (χ0v) is 18.0. The molecule has 0 spiro atoms. The molecule has 7 heteroatoms. The summed E-state index contributed by atoms with van der Waals surface area (Å²) in [6.45, 7) is 6.70. The highest BCUT2D eigenvalue weighted by Gasteiger charge is 2.14. The van der Waals surface area contributed by atoms with Gasteiger partial charge in [-0.3, -0.25) is 0 Å². The lowest BCUT2D eigenvalue weighted by Gasteiger charge is -2.06. The number of aromatic nitrogens is 4. The molecule has 4 nitrogen and oxygen atoms in total. The topological polar surface area (TPSA) is 43.6 Å². The summed E-state index contributed by atoms with van der Waals surface area (Å²) in [5, 5.41) is 15.0. The quantitative estimate of drug-likeness (QED) is 0.263. The molecule has 0 atom stereocenters. The van der Waals surface area contributed by atoms with Gasteiger partial charge in [-0.2, -0.15) is 0 Å². The fourth-order valence-corrected chi connectivity index (χ4v) is 5.34. The van der Waals surface area contributed by atoms with E-state index in [1.165, 1.54) is 16.0 Å². The average molecular weight is 425 g/mol. The van der Waals surface area contributed by atoms with Crippen LogP contribution < -0.4 is 0 Å². The molecule has 0 bridgehead atoms. The molecule has 3 aromatic heterocycles.